The molecule has 4 nitrogen and oxygen atoms in total. The monoisotopic (exact) mass is 190 g/mol. The Morgan fingerprint density at radius 2 is 2.00 bits per heavy atom. The highest BCUT2D eigenvalue weighted by atomic mass is 16.2. The molecule has 1 heterocycles. The number of amides is 2. The van der Waals surface area contributed by atoms with Gasteiger partial charge in [-0.05, 0) is 12.1 Å². The lowest BCUT2D eigenvalue weighted by Crippen LogP contribution is -2.34. The molecule has 0 aromatic heterocycles. The maximum absolute atomic E-state index is 11.7. The summed E-state index contributed by atoms with van der Waals surface area (Å²) in [6, 6.07) is 7.11. The number of nitrogens with zero attached hydrogens (tertiary/aromatic N) is 1. The average Bonchev–Trinajstić information content (AvgIpc) is 2.32. The number of nitrogens with one attached hydrogen (secondary N) is 1. The number of carbonyl (C=O) groups excluding carboxylic acids is 2. The highest BCUT2D eigenvalue weighted by Gasteiger charge is 2.24. The van der Waals surface area contributed by atoms with Gasteiger partial charge < -0.3 is 5.32 Å². The van der Waals surface area contributed by atoms with E-state index in [1.165, 1.54) is 7.05 Å². The minimum Gasteiger partial charge on any atom is -0.375 e. The van der Waals surface area contributed by atoms with Crippen molar-refractivity contribution in [2.45, 2.75) is 0 Å². The van der Waals surface area contributed by atoms with Crippen LogP contribution in [0.1, 0.15) is 10.4 Å². The van der Waals surface area contributed by atoms with Crippen LogP contribution < -0.4 is 5.32 Å². The van der Waals surface area contributed by atoms with Gasteiger partial charge in [-0.1, -0.05) is 12.1 Å². The Balaban J connectivity index is 2.50. The van der Waals surface area contributed by atoms with Crippen molar-refractivity contribution < 1.29 is 9.59 Å². The van der Waals surface area contributed by atoms with E-state index in [9.17, 15) is 9.59 Å². The van der Waals surface area contributed by atoms with E-state index in [1.54, 1.807) is 18.2 Å². The summed E-state index contributed by atoms with van der Waals surface area (Å²) in [5.41, 5.74) is 1.26. The van der Waals surface area contributed by atoms with Crippen LogP contribution in [0.4, 0.5) is 5.69 Å². The molecule has 0 unspecified atom stereocenters. The minimum atomic E-state index is -0.254. The molecule has 1 aromatic rings. The van der Waals surface area contributed by atoms with E-state index >= 15 is 0 Å². The summed E-state index contributed by atoms with van der Waals surface area (Å²) in [4.78, 5) is 24.2. The quantitative estimate of drug-likeness (QED) is 0.613. The van der Waals surface area contributed by atoms with Crippen LogP contribution in [0.25, 0.3) is 0 Å². The highest BCUT2D eigenvalue weighted by molar-refractivity contribution is 6.10. The van der Waals surface area contributed by atoms with Gasteiger partial charge in [0.2, 0.25) is 5.91 Å². The standard InChI is InChI=1S/C10H10N2O2/c1-12-9(13)6-11-8-5-3-2-4-7(8)10(12)14/h2-5,11H,6H2,1H3. The lowest BCUT2D eigenvalue weighted by molar-refractivity contribution is -0.125. The fraction of sp³-hybridized carbons (Fsp3) is 0.200. The van der Waals surface area contributed by atoms with E-state index in [2.05, 4.69) is 5.32 Å². The van der Waals surface area contributed by atoms with Gasteiger partial charge in [0.1, 0.15) is 0 Å². The van der Waals surface area contributed by atoms with E-state index in [-0.39, 0.29) is 18.4 Å². The maximum Gasteiger partial charge on any atom is 0.262 e. The maximum atomic E-state index is 11.7. The molecule has 14 heavy (non-hydrogen) atoms. The molecule has 1 aromatic carbocycles. The molecule has 1 aliphatic heterocycles. The minimum absolute atomic E-state index is 0.166. The number of likely N-dealkylation sites (N-methyl/N-ethyl adjacent to an activating group) is 1. The van der Waals surface area contributed by atoms with Crippen molar-refractivity contribution in [2.24, 2.45) is 0 Å². The third-order valence-electron chi connectivity index (χ3n) is 2.27. The van der Waals surface area contributed by atoms with Crippen LogP contribution in [-0.2, 0) is 4.79 Å². The summed E-state index contributed by atoms with van der Waals surface area (Å²) in [6.07, 6.45) is 0. The van der Waals surface area contributed by atoms with Gasteiger partial charge in [0, 0.05) is 12.7 Å². The molecule has 0 bridgehead atoms. The zero-order valence-corrected chi connectivity index (χ0v) is 7.78. The smallest absolute Gasteiger partial charge is 0.262 e. The van der Waals surface area contributed by atoms with Gasteiger partial charge in [-0.25, -0.2) is 0 Å². The molecule has 1 aliphatic rings. The molecule has 4 heteroatoms. The summed E-state index contributed by atoms with van der Waals surface area (Å²) in [5, 5.41) is 2.92. The fourth-order valence-corrected chi connectivity index (χ4v) is 1.41. The second kappa shape index (κ2) is 3.14. The fourth-order valence-electron chi connectivity index (χ4n) is 1.41. The second-order valence-electron chi connectivity index (χ2n) is 3.16. The van der Waals surface area contributed by atoms with Gasteiger partial charge in [-0.3, -0.25) is 14.5 Å². The Labute approximate surface area is 81.5 Å². The van der Waals surface area contributed by atoms with Crippen LogP contribution in [0, 0.1) is 0 Å². The highest BCUT2D eigenvalue weighted by Crippen LogP contribution is 2.18. The van der Waals surface area contributed by atoms with Crippen molar-refractivity contribution in [3.8, 4) is 0 Å². The first kappa shape index (κ1) is 8.74. The van der Waals surface area contributed by atoms with Crippen LogP contribution in [-0.4, -0.2) is 30.3 Å². The molecule has 0 radical (unpaired) electrons. The van der Waals surface area contributed by atoms with E-state index in [4.69, 9.17) is 0 Å². The van der Waals surface area contributed by atoms with Crippen LogP contribution >= 0.6 is 0 Å². The van der Waals surface area contributed by atoms with Crippen LogP contribution in [0.3, 0.4) is 0 Å². The average molecular weight is 190 g/mol. The van der Waals surface area contributed by atoms with E-state index in [0.29, 0.717) is 5.56 Å². The van der Waals surface area contributed by atoms with Gasteiger partial charge in [-0.15, -0.1) is 0 Å². The molecule has 0 saturated heterocycles. The van der Waals surface area contributed by atoms with E-state index < -0.39 is 0 Å². The van der Waals surface area contributed by atoms with Gasteiger partial charge in [0.15, 0.2) is 0 Å². The number of benzene rings is 1. The molecule has 0 fully saturated rings. The predicted octanol–water partition coefficient (Wildman–Crippen LogP) is 0.711. The Hall–Kier alpha value is -1.84. The first-order valence-corrected chi connectivity index (χ1v) is 4.34. The number of carbonyl (C=O) groups is 2. The number of rotatable bonds is 0. The van der Waals surface area contributed by atoms with Gasteiger partial charge in [-0.2, -0.15) is 0 Å². The predicted molar refractivity (Wildman–Crippen MR) is 52.0 cm³/mol. The number of imide groups is 1. The first-order chi connectivity index (χ1) is 6.70. The van der Waals surface area contributed by atoms with Crippen molar-refractivity contribution in [1.82, 2.24) is 4.90 Å². The molecule has 1 N–H and O–H groups in total. The molecule has 2 rings (SSSR count). The Kier molecular flexibility index (Phi) is 1.96. The molecule has 0 saturated carbocycles. The van der Waals surface area contributed by atoms with Crippen molar-refractivity contribution in [2.75, 3.05) is 18.9 Å². The van der Waals surface area contributed by atoms with Crippen LogP contribution in [0.2, 0.25) is 0 Å². The zero-order chi connectivity index (χ0) is 10.1. The molecule has 2 amide bonds. The normalized spacial score (nSPS) is 15.9. The number of fused-ring (bicyclic) bond motifs is 1. The van der Waals surface area contributed by atoms with Crippen LogP contribution in [0.15, 0.2) is 24.3 Å². The van der Waals surface area contributed by atoms with Gasteiger partial charge in [0.25, 0.3) is 5.91 Å². The van der Waals surface area contributed by atoms with Crippen molar-refractivity contribution in [3.05, 3.63) is 29.8 Å². The number of anilines is 1. The molecule has 72 valence electrons. The van der Waals surface area contributed by atoms with Crippen LogP contribution in [0.5, 0.6) is 0 Å². The SMILES string of the molecule is CN1C(=O)CNc2ccccc2C1=O. The van der Waals surface area contributed by atoms with Gasteiger partial charge in [0.05, 0.1) is 12.1 Å². The van der Waals surface area contributed by atoms with Gasteiger partial charge >= 0.3 is 0 Å². The topological polar surface area (TPSA) is 49.4 Å². The second-order valence-corrected chi connectivity index (χ2v) is 3.16. The van der Waals surface area contributed by atoms with Crippen molar-refractivity contribution >= 4 is 17.5 Å². The van der Waals surface area contributed by atoms with E-state index in [0.717, 1.165) is 10.6 Å². The zero-order valence-electron chi connectivity index (χ0n) is 7.78. The number of hydrogen-bond donors (Lipinski definition) is 1. The lowest BCUT2D eigenvalue weighted by Gasteiger charge is -2.10. The van der Waals surface area contributed by atoms with Crippen molar-refractivity contribution in [3.63, 3.8) is 0 Å². The number of para-hydroxylation sites is 1. The van der Waals surface area contributed by atoms with E-state index in [1.807, 2.05) is 6.07 Å². The summed E-state index contributed by atoms with van der Waals surface area (Å²) in [6.45, 7) is 0.166. The molecular formula is C10H10N2O2. The summed E-state index contributed by atoms with van der Waals surface area (Å²) in [7, 11) is 1.49. The Morgan fingerprint density at radius 1 is 1.29 bits per heavy atom. The number of hydrogen-bond acceptors (Lipinski definition) is 3. The third-order valence-corrected chi connectivity index (χ3v) is 2.27. The summed E-state index contributed by atoms with van der Waals surface area (Å²) in [5.74, 6) is -0.471. The third kappa shape index (κ3) is 1.25. The summed E-state index contributed by atoms with van der Waals surface area (Å²) < 4.78 is 0. The molecule has 0 aliphatic carbocycles. The first-order valence-electron chi connectivity index (χ1n) is 4.34. The Morgan fingerprint density at radius 3 is 2.79 bits per heavy atom. The molecular weight excluding hydrogens is 180 g/mol. The Bertz CT molecular complexity index is 401. The lowest BCUT2D eigenvalue weighted by atomic mass is 10.1. The summed E-state index contributed by atoms with van der Waals surface area (Å²) >= 11 is 0. The molecule has 0 spiro atoms. The van der Waals surface area contributed by atoms with Crippen molar-refractivity contribution in [1.29, 1.82) is 0 Å². The molecule has 0 atom stereocenters. The largest absolute Gasteiger partial charge is 0.375 e.